The molecule has 5 nitrogen and oxygen atoms in total. The lowest BCUT2D eigenvalue weighted by molar-refractivity contribution is -0.122. The first-order valence-electron chi connectivity index (χ1n) is 7.99. The van der Waals surface area contributed by atoms with Gasteiger partial charge in [0.1, 0.15) is 5.70 Å². The summed E-state index contributed by atoms with van der Waals surface area (Å²) in [6.07, 6.45) is 7.04. The van der Waals surface area contributed by atoms with Crippen molar-refractivity contribution >= 4 is 23.7 Å². The number of hydrogen-bond donors (Lipinski definition) is 1. The molecule has 0 bridgehead atoms. The third-order valence-electron chi connectivity index (χ3n) is 4.20. The normalized spacial score (nSPS) is 20.1. The molecule has 2 aliphatic rings. The van der Waals surface area contributed by atoms with E-state index in [0.29, 0.717) is 5.70 Å². The standard InChI is InChI=1S/C18H21N3O2/c1-2-10-21-17(22)16(19-18(21)23)13-14-6-8-15(9-7-14)20-11-4-3-5-12-20/h2,6-9,13H,1,3-5,10-12H2,(H,19,23)/b16-13+. The van der Waals surface area contributed by atoms with Crippen molar-refractivity contribution in [2.75, 3.05) is 24.5 Å². The fourth-order valence-electron chi connectivity index (χ4n) is 2.97. The van der Waals surface area contributed by atoms with Crippen LogP contribution in [0.15, 0.2) is 42.6 Å². The number of carbonyl (C=O) groups is 2. The molecule has 1 aromatic carbocycles. The highest BCUT2D eigenvalue weighted by molar-refractivity contribution is 6.14. The smallest absolute Gasteiger partial charge is 0.329 e. The van der Waals surface area contributed by atoms with Gasteiger partial charge in [0, 0.05) is 25.3 Å². The molecular formula is C18H21N3O2. The van der Waals surface area contributed by atoms with E-state index < -0.39 is 6.03 Å². The first-order chi connectivity index (χ1) is 11.2. The van der Waals surface area contributed by atoms with Crippen molar-refractivity contribution in [3.8, 4) is 0 Å². The topological polar surface area (TPSA) is 52.7 Å². The SMILES string of the molecule is C=CCN1C(=O)N/C(=C/c2ccc(N3CCCCC3)cc2)C1=O. The van der Waals surface area contributed by atoms with E-state index in [4.69, 9.17) is 0 Å². The number of piperidine rings is 1. The van der Waals surface area contributed by atoms with Crippen LogP contribution in [0.25, 0.3) is 6.08 Å². The predicted molar refractivity (Wildman–Crippen MR) is 90.9 cm³/mol. The highest BCUT2D eigenvalue weighted by Gasteiger charge is 2.32. The Bertz CT molecular complexity index is 643. The van der Waals surface area contributed by atoms with Gasteiger partial charge in [-0.25, -0.2) is 4.79 Å². The van der Waals surface area contributed by atoms with Crippen LogP contribution in [-0.4, -0.2) is 36.5 Å². The van der Waals surface area contributed by atoms with Crippen LogP contribution in [0.4, 0.5) is 10.5 Å². The van der Waals surface area contributed by atoms with Crippen molar-refractivity contribution in [3.05, 3.63) is 48.2 Å². The van der Waals surface area contributed by atoms with Crippen molar-refractivity contribution in [2.24, 2.45) is 0 Å². The summed E-state index contributed by atoms with van der Waals surface area (Å²) in [6.45, 7) is 5.98. The summed E-state index contributed by atoms with van der Waals surface area (Å²) in [5, 5.41) is 2.61. The number of nitrogens with one attached hydrogen (secondary N) is 1. The van der Waals surface area contributed by atoms with Gasteiger partial charge in [0.15, 0.2) is 0 Å². The molecule has 1 N–H and O–H groups in total. The maximum absolute atomic E-state index is 12.1. The van der Waals surface area contributed by atoms with Crippen molar-refractivity contribution in [1.29, 1.82) is 0 Å². The number of amides is 3. The molecule has 0 spiro atoms. The molecule has 3 rings (SSSR count). The molecule has 0 saturated carbocycles. The highest BCUT2D eigenvalue weighted by atomic mass is 16.2. The number of anilines is 1. The second-order valence-corrected chi connectivity index (χ2v) is 5.83. The Labute approximate surface area is 136 Å². The van der Waals surface area contributed by atoms with E-state index in [1.807, 2.05) is 12.1 Å². The molecule has 2 aliphatic heterocycles. The first kappa shape index (κ1) is 15.3. The highest BCUT2D eigenvalue weighted by Crippen LogP contribution is 2.21. The van der Waals surface area contributed by atoms with Crippen molar-refractivity contribution in [3.63, 3.8) is 0 Å². The summed E-state index contributed by atoms with van der Waals surface area (Å²) >= 11 is 0. The molecule has 23 heavy (non-hydrogen) atoms. The van der Waals surface area contributed by atoms with Gasteiger partial charge in [0.05, 0.1) is 0 Å². The van der Waals surface area contributed by atoms with Gasteiger partial charge in [-0.3, -0.25) is 9.69 Å². The second-order valence-electron chi connectivity index (χ2n) is 5.83. The summed E-state index contributed by atoms with van der Waals surface area (Å²) in [7, 11) is 0. The number of rotatable bonds is 4. The Balaban J connectivity index is 1.73. The van der Waals surface area contributed by atoms with Gasteiger partial charge in [-0.15, -0.1) is 6.58 Å². The number of nitrogens with zero attached hydrogens (tertiary/aromatic N) is 2. The van der Waals surface area contributed by atoms with Gasteiger partial charge < -0.3 is 10.2 Å². The average molecular weight is 311 g/mol. The zero-order valence-electron chi connectivity index (χ0n) is 13.1. The minimum Gasteiger partial charge on any atom is -0.372 e. The van der Waals surface area contributed by atoms with E-state index in [2.05, 4.69) is 28.9 Å². The third-order valence-corrected chi connectivity index (χ3v) is 4.20. The van der Waals surface area contributed by atoms with Gasteiger partial charge in [0.2, 0.25) is 0 Å². The van der Waals surface area contributed by atoms with Crippen LogP contribution >= 0.6 is 0 Å². The Morgan fingerprint density at radius 3 is 2.43 bits per heavy atom. The lowest BCUT2D eigenvalue weighted by atomic mass is 10.1. The molecule has 2 heterocycles. The van der Waals surface area contributed by atoms with Gasteiger partial charge in [0.25, 0.3) is 5.91 Å². The van der Waals surface area contributed by atoms with Crippen LogP contribution in [0.3, 0.4) is 0 Å². The van der Waals surface area contributed by atoms with E-state index in [1.54, 1.807) is 6.08 Å². The fourth-order valence-corrected chi connectivity index (χ4v) is 2.97. The van der Waals surface area contributed by atoms with E-state index in [1.165, 1.54) is 31.0 Å². The molecule has 3 amide bonds. The maximum atomic E-state index is 12.1. The Hall–Kier alpha value is -2.56. The maximum Gasteiger partial charge on any atom is 0.329 e. The van der Waals surface area contributed by atoms with E-state index in [-0.39, 0.29) is 12.5 Å². The monoisotopic (exact) mass is 311 g/mol. The molecule has 2 fully saturated rings. The van der Waals surface area contributed by atoms with Gasteiger partial charge in [-0.05, 0) is 43.0 Å². The minimum absolute atomic E-state index is 0.218. The zero-order valence-corrected chi connectivity index (χ0v) is 13.1. The second kappa shape index (κ2) is 6.69. The predicted octanol–water partition coefficient (Wildman–Crippen LogP) is 2.76. The molecule has 0 aliphatic carbocycles. The van der Waals surface area contributed by atoms with Crippen LogP contribution in [0.1, 0.15) is 24.8 Å². The Kier molecular flexibility index (Phi) is 4.46. The van der Waals surface area contributed by atoms with Gasteiger partial charge in [-0.1, -0.05) is 18.2 Å². The minimum atomic E-state index is -0.397. The van der Waals surface area contributed by atoms with Crippen molar-refractivity contribution in [1.82, 2.24) is 10.2 Å². The van der Waals surface area contributed by atoms with E-state index in [0.717, 1.165) is 23.6 Å². The Morgan fingerprint density at radius 2 is 1.78 bits per heavy atom. The van der Waals surface area contributed by atoms with Crippen LogP contribution < -0.4 is 10.2 Å². The molecule has 2 saturated heterocycles. The lowest BCUT2D eigenvalue weighted by Crippen LogP contribution is -2.30. The largest absolute Gasteiger partial charge is 0.372 e. The summed E-state index contributed by atoms with van der Waals surface area (Å²) < 4.78 is 0. The fraction of sp³-hybridized carbons (Fsp3) is 0.333. The van der Waals surface area contributed by atoms with Gasteiger partial charge >= 0.3 is 6.03 Å². The number of hydrogen-bond acceptors (Lipinski definition) is 3. The number of urea groups is 1. The van der Waals surface area contributed by atoms with Crippen molar-refractivity contribution in [2.45, 2.75) is 19.3 Å². The van der Waals surface area contributed by atoms with Crippen LogP contribution in [0.5, 0.6) is 0 Å². The zero-order chi connectivity index (χ0) is 16.2. The molecule has 0 radical (unpaired) electrons. The summed E-state index contributed by atoms with van der Waals surface area (Å²) in [4.78, 5) is 27.4. The Morgan fingerprint density at radius 1 is 1.09 bits per heavy atom. The van der Waals surface area contributed by atoms with Crippen LogP contribution in [0, 0.1) is 0 Å². The molecule has 0 atom stereocenters. The summed E-state index contributed by atoms with van der Waals surface area (Å²) in [5.74, 6) is -0.310. The van der Waals surface area contributed by atoms with Crippen LogP contribution in [0.2, 0.25) is 0 Å². The van der Waals surface area contributed by atoms with Crippen molar-refractivity contribution < 1.29 is 9.59 Å². The third kappa shape index (κ3) is 3.28. The first-order valence-corrected chi connectivity index (χ1v) is 7.99. The van der Waals surface area contributed by atoms with Crippen LogP contribution in [-0.2, 0) is 4.79 Å². The number of carbonyl (C=O) groups excluding carboxylic acids is 2. The van der Waals surface area contributed by atoms with E-state index >= 15 is 0 Å². The molecule has 0 aromatic heterocycles. The quantitative estimate of drug-likeness (QED) is 0.528. The van der Waals surface area contributed by atoms with Gasteiger partial charge in [-0.2, -0.15) is 0 Å². The number of benzene rings is 1. The molecule has 120 valence electrons. The lowest BCUT2D eigenvalue weighted by Gasteiger charge is -2.28. The van der Waals surface area contributed by atoms with E-state index in [9.17, 15) is 9.59 Å². The molecule has 0 unspecified atom stereocenters. The summed E-state index contributed by atoms with van der Waals surface area (Å²) in [5.41, 5.74) is 2.42. The molecular weight excluding hydrogens is 290 g/mol. The average Bonchev–Trinajstić information content (AvgIpc) is 2.84. The summed E-state index contributed by atoms with van der Waals surface area (Å²) in [6, 6.07) is 7.70. The number of imide groups is 1. The molecule has 5 heteroatoms. The molecule has 1 aromatic rings.